The maximum Gasteiger partial charge on any atom is 0.271 e. The van der Waals surface area contributed by atoms with E-state index in [1.807, 2.05) is 12.1 Å². The van der Waals surface area contributed by atoms with E-state index in [4.69, 9.17) is 16.3 Å². The van der Waals surface area contributed by atoms with E-state index in [0.29, 0.717) is 30.5 Å². The van der Waals surface area contributed by atoms with E-state index in [9.17, 15) is 4.79 Å². The SMILES string of the molecule is CC(Nc1ccc2c(c1)Sc1cccc(C3CN(c4ccc[nH]c4=O)CCO3)c1S2)c1cc(Cl)ncn1. The highest BCUT2D eigenvalue weighted by Crippen LogP contribution is 2.52. The highest BCUT2D eigenvalue weighted by atomic mass is 35.5. The molecule has 37 heavy (non-hydrogen) atoms. The number of rotatable bonds is 5. The fraction of sp³-hybridized carbons (Fsp3) is 0.222. The number of H-pyrrole nitrogens is 1. The Morgan fingerprint density at radius 3 is 2.89 bits per heavy atom. The minimum absolute atomic E-state index is 0.0121. The average Bonchev–Trinajstić information content (AvgIpc) is 2.92. The van der Waals surface area contributed by atoms with Crippen molar-refractivity contribution in [3.8, 4) is 0 Å². The highest BCUT2D eigenvalue weighted by molar-refractivity contribution is 8.05. The Hall–Kier alpha value is -2.98. The molecule has 4 aromatic rings. The normalized spacial score (nSPS) is 17.6. The van der Waals surface area contributed by atoms with Gasteiger partial charge in [-0.3, -0.25) is 4.79 Å². The van der Waals surface area contributed by atoms with E-state index in [1.54, 1.807) is 35.8 Å². The van der Waals surface area contributed by atoms with Gasteiger partial charge in [0.25, 0.3) is 5.56 Å². The van der Waals surface area contributed by atoms with Crippen molar-refractivity contribution in [1.82, 2.24) is 15.0 Å². The molecule has 0 radical (unpaired) electrons. The lowest BCUT2D eigenvalue weighted by Crippen LogP contribution is -2.41. The molecule has 2 aromatic heterocycles. The van der Waals surface area contributed by atoms with Gasteiger partial charge in [-0.05, 0) is 55.0 Å². The molecule has 0 bridgehead atoms. The maximum atomic E-state index is 12.4. The summed E-state index contributed by atoms with van der Waals surface area (Å²) in [6.07, 6.45) is 3.03. The van der Waals surface area contributed by atoms with Crippen LogP contribution in [0.15, 0.2) is 91.5 Å². The quantitative estimate of drug-likeness (QED) is 0.251. The molecule has 1 saturated heterocycles. The number of hydrogen-bond donors (Lipinski definition) is 2. The van der Waals surface area contributed by atoms with Crippen molar-refractivity contribution in [1.29, 1.82) is 0 Å². The van der Waals surface area contributed by atoms with Crippen LogP contribution in [0.25, 0.3) is 0 Å². The standard InChI is InChI=1S/C27H24ClN5O2S2/c1-16(19-13-25(28)31-15-30-19)32-17-7-8-22-24(12-17)36-23-6-2-4-18(26(23)37-22)21-14-33(10-11-35-21)20-5-3-9-29-27(20)34/h2-9,12-13,15-16,21,32H,10-11,14H2,1H3,(H,29,34). The molecule has 0 amide bonds. The zero-order valence-electron chi connectivity index (χ0n) is 20.0. The molecule has 6 rings (SSSR count). The zero-order chi connectivity index (χ0) is 25.4. The van der Waals surface area contributed by atoms with Gasteiger partial charge in [-0.1, -0.05) is 47.3 Å². The Bertz CT molecular complexity index is 1510. The summed E-state index contributed by atoms with van der Waals surface area (Å²) in [6, 6.07) is 18.3. The number of halogens is 1. The molecular formula is C27H24ClN5O2S2. The van der Waals surface area contributed by atoms with Crippen LogP contribution in [0, 0.1) is 0 Å². The Morgan fingerprint density at radius 2 is 2.03 bits per heavy atom. The number of morpholine rings is 1. The number of fused-ring (bicyclic) bond motifs is 2. The van der Waals surface area contributed by atoms with Gasteiger partial charge in [0.1, 0.15) is 23.3 Å². The van der Waals surface area contributed by atoms with Gasteiger partial charge >= 0.3 is 0 Å². The van der Waals surface area contributed by atoms with E-state index in [1.165, 1.54) is 25.9 Å². The van der Waals surface area contributed by atoms with Gasteiger partial charge in [-0.2, -0.15) is 0 Å². The van der Waals surface area contributed by atoms with Crippen LogP contribution in [0.4, 0.5) is 11.4 Å². The first-order chi connectivity index (χ1) is 18.0. The third-order valence-corrected chi connectivity index (χ3v) is 9.24. The van der Waals surface area contributed by atoms with Crippen LogP contribution in [0.3, 0.4) is 0 Å². The fourth-order valence-corrected chi connectivity index (χ4v) is 7.20. The van der Waals surface area contributed by atoms with Crippen molar-refractivity contribution in [3.05, 3.63) is 93.9 Å². The molecule has 0 spiro atoms. The average molecular weight is 550 g/mol. The van der Waals surface area contributed by atoms with Crippen LogP contribution in [0.1, 0.15) is 30.3 Å². The lowest BCUT2D eigenvalue weighted by atomic mass is 10.1. The molecule has 0 saturated carbocycles. The second kappa shape index (κ2) is 10.4. The second-order valence-corrected chi connectivity index (χ2v) is 11.4. The summed E-state index contributed by atoms with van der Waals surface area (Å²) < 4.78 is 6.22. The van der Waals surface area contributed by atoms with Crippen LogP contribution in [-0.2, 0) is 4.74 Å². The van der Waals surface area contributed by atoms with Gasteiger partial charge in [0, 0.05) is 44.6 Å². The number of pyridine rings is 1. The lowest BCUT2D eigenvalue weighted by molar-refractivity contribution is 0.0378. The van der Waals surface area contributed by atoms with Crippen molar-refractivity contribution in [2.75, 3.05) is 29.9 Å². The van der Waals surface area contributed by atoms with Crippen LogP contribution < -0.4 is 15.8 Å². The Morgan fingerprint density at radius 1 is 1.11 bits per heavy atom. The van der Waals surface area contributed by atoms with E-state index in [2.05, 4.69) is 68.5 Å². The molecule has 2 aliphatic rings. The van der Waals surface area contributed by atoms with E-state index in [0.717, 1.165) is 16.9 Å². The molecule has 2 N–H and O–H groups in total. The van der Waals surface area contributed by atoms with Crippen LogP contribution in [-0.4, -0.2) is 34.6 Å². The van der Waals surface area contributed by atoms with E-state index >= 15 is 0 Å². The lowest BCUT2D eigenvalue weighted by Gasteiger charge is -2.35. The van der Waals surface area contributed by atoms with Crippen molar-refractivity contribution >= 4 is 46.5 Å². The number of benzene rings is 2. The van der Waals surface area contributed by atoms with Gasteiger partial charge in [0.2, 0.25) is 0 Å². The van der Waals surface area contributed by atoms with Crippen molar-refractivity contribution in [3.63, 3.8) is 0 Å². The maximum absolute atomic E-state index is 12.4. The molecule has 7 nitrogen and oxygen atoms in total. The Balaban J connectivity index is 1.22. The molecular weight excluding hydrogens is 526 g/mol. The van der Waals surface area contributed by atoms with Gasteiger partial charge in [0.05, 0.1) is 18.3 Å². The molecule has 1 fully saturated rings. The number of ether oxygens (including phenoxy) is 1. The fourth-order valence-electron chi connectivity index (χ4n) is 4.59. The second-order valence-electron chi connectivity index (χ2n) is 8.86. The number of nitrogens with one attached hydrogen (secondary N) is 2. The molecule has 2 aliphatic heterocycles. The Labute approximate surface area is 228 Å². The third-order valence-electron chi connectivity index (χ3n) is 6.42. The van der Waals surface area contributed by atoms with Crippen molar-refractivity contribution in [2.45, 2.75) is 38.7 Å². The topological polar surface area (TPSA) is 83.1 Å². The summed E-state index contributed by atoms with van der Waals surface area (Å²) in [6.45, 7) is 3.95. The van der Waals surface area contributed by atoms with E-state index < -0.39 is 0 Å². The minimum atomic E-state index is -0.112. The minimum Gasteiger partial charge on any atom is -0.377 e. The summed E-state index contributed by atoms with van der Waals surface area (Å²) in [5.41, 5.74) is 3.64. The van der Waals surface area contributed by atoms with Crippen LogP contribution >= 0.6 is 35.1 Å². The first kappa shape index (κ1) is 24.4. The van der Waals surface area contributed by atoms with Gasteiger partial charge in [-0.15, -0.1) is 0 Å². The summed E-state index contributed by atoms with van der Waals surface area (Å²) in [4.78, 5) is 30.4. The third kappa shape index (κ3) is 5.09. The first-order valence-corrected chi connectivity index (χ1v) is 14.0. The predicted molar refractivity (Wildman–Crippen MR) is 148 cm³/mol. The zero-order valence-corrected chi connectivity index (χ0v) is 22.4. The number of anilines is 2. The predicted octanol–water partition coefficient (Wildman–Crippen LogP) is 6.19. The summed E-state index contributed by atoms with van der Waals surface area (Å²) in [5, 5.41) is 3.96. The van der Waals surface area contributed by atoms with Crippen molar-refractivity contribution in [2.24, 2.45) is 0 Å². The number of aromatic nitrogens is 3. The largest absolute Gasteiger partial charge is 0.377 e. The smallest absolute Gasteiger partial charge is 0.271 e. The highest BCUT2D eigenvalue weighted by Gasteiger charge is 2.29. The van der Waals surface area contributed by atoms with Crippen LogP contribution in [0.5, 0.6) is 0 Å². The summed E-state index contributed by atoms with van der Waals surface area (Å²) in [7, 11) is 0. The first-order valence-electron chi connectivity index (χ1n) is 12.0. The molecule has 2 unspecified atom stereocenters. The van der Waals surface area contributed by atoms with Crippen LogP contribution in [0.2, 0.25) is 5.15 Å². The van der Waals surface area contributed by atoms with E-state index in [-0.39, 0.29) is 17.7 Å². The Kier molecular flexibility index (Phi) is 6.86. The molecule has 4 heterocycles. The van der Waals surface area contributed by atoms with Gasteiger partial charge in [-0.25, -0.2) is 9.97 Å². The number of nitrogens with zero attached hydrogens (tertiary/aromatic N) is 3. The summed E-state index contributed by atoms with van der Waals surface area (Å²) in [5.74, 6) is 0. The number of aromatic amines is 1. The van der Waals surface area contributed by atoms with Crippen molar-refractivity contribution < 1.29 is 4.74 Å². The van der Waals surface area contributed by atoms with Gasteiger partial charge in [0.15, 0.2) is 0 Å². The monoisotopic (exact) mass is 549 g/mol. The molecule has 2 atom stereocenters. The molecule has 188 valence electrons. The molecule has 0 aliphatic carbocycles. The number of hydrogen-bond acceptors (Lipinski definition) is 8. The van der Waals surface area contributed by atoms with Gasteiger partial charge < -0.3 is 19.9 Å². The summed E-state index contributed by atoms with van der Waals surface area (Å²) >= 11 is 9.58. The molecule has 2 aromatic carbocycles. The molecule has 10 heteroatoms.